The number of allylic oxidation sites excluding steroid dienone is 2. The summed E-state index contributed by atoms with van der Waals surface area (Å²) < 4.78 is 0. The average molecular weight is 139 g/mol. The van der Waals surface area contributed by atoms with Gasteiger partial charge in [-0.3, -0.25) is 4.99 Å². The predicted octanol–water partition coefficient (Wildman–Crippen LogP) is 3.03. The first-order valence-electron chi connectivity index (χ1n) is 3.82. The molecular weight excluding hydrogens is 122 g/mol. The van der Waals surface area contributed by atoms with Crippen LogP contribution >= 0.6 is 0 Å². The second-order valence-corrected chi connectivity index (χ2v) is 2.86. The van der Waals surface area contributed by atoms with E-state index in [1.54, 1.807) is 0 Å². The summed E-state index contributed by atoms with van der Waals surface area (Å²) in [6.07, 6.45) is 5.12. The minimum Gasteiger partial charge on any atom is -0.267 e. The quantitative estimate of drug-likeness (QED) is 0.533. The minimum absolute atomic E-state index is 0.738. The van der Waals surface area contributed by atoms with Crippen molar-refractivity contribution < 1.29 is 0 Å². The molecule has 0 amide bonds. The van der Waals surface area contributed by atoms with Crippen molar-refractivity contribution >= 4 is 6.21 Å². The fraction of sp³-hybridized carbons (Fsp3) is 0.667. The third-order valence-corrected chi connectivity index (χ3v) is 1.22. The van der Waals surface area contributed by atoms with Crippen LogP contribution in [0.5, 0.6) is 0 Å². The summed E-state index contributed by atoms with van der Waals surface area (Å²) >= 11 is 0. The third-order valence-electron chi connectivity index (χ3n) is 1.22. The van der Waals surface area contributed by atoms with Crippen molar-refractivity contribution in [2.45, 2.75) is 34.1 Å². The Labute approximate surface area is 63.9 Å². The minimum atomic E-state index is 0.738. The first-order valence-corrected chi connectivity index (χ1v) is 3.82. The van der Waals surface area contributed by atoms with Gasteiger partial charge in [-0.05, 0) is 26.2 Å². The van der Waals surface area contributed by atoms with Gasteiger partial charge in [0.05, 0.1) is 0 Å². The highest BCUT2D eigenvalue weighted by molar-refractivity contribution is 5.55. The van der Waals surface area contributed by atoms with Gasteiger partial charge in [0.2, 0.25) is 0 Å². The predicted molar refractivity (Wildman–Crippen MR) is 47.4 cm³/mol. The van der Waals surface area contributed by atoms with Crippen molar-refractivity contribution in [3.63, 3.8) is 0 Å². The van der Waals surface area contributed by atoms with E-state index in [4.69, 9.17) is 0 Å². The van der Waals surface area contributed by atoms with Crippen LogP contribution in [-0.2, 0) is 0 Å². The number of hydrogen-bond donors (Lipinski definition) is 0. The first-order chi connectivity index (χ1) is 4.66. The second-order valence-electron chi connectivity index (χ2n) is 2.86. The summed E-state index contributed by atoms with van der Waals surface area (Å²) in [5.41, 5.74) is 1.12. The Morgan fingerprint density at radius 3 is 2.50 bits per heavy atom. The molecule has 1 nitrogen and oxygen atoms in total. The van der Waals surface area contributed by atoms with Gasteiger partial charge >= 0.3 is 0 Å². The molecule has 0 rings (SSSR count). The molecule has 0 aromatic carbocycles. The van der Waals surface area contributed by atoms with Gasteiger partial charge < -0.3 is 0 Å². The molecular formula is C9H17N. The van der Waals surface area contributed by atoms with E-state index in [1.165, 1.54) is 0 Å². The van der Waals surface area contributed by atoms with E-state index in [1.807, 2.05) is 20.1 Å². The highest BCUT2D eigenvalue weighted by Crippen LogP contribution is 2.04. The van der Waals surface area contributed by atoms with Crippen LogP contribution in [0.4, 0.5) is 0 Å². The molecule has 0 atom stereocenters. The molecule has 0 spiro atoms. The molecule has 0 saturated heterocycles. The van der Waals surface area contributed by atoms with Gasteiger partial charge in [0.15, 0.2) is 0 Å². The Morgan fingerprint density at radius 2 is 2.10 bits per heavy atom. The lowest BCUT2D eigenvalue weighted by atomic mass is 10.1. The molecule has 0 aliphatic heterocycles. The molecule has 0 bridgehead atoms. The Kier molecular flexibility index (Phi) is 4.91. The number of aliphatic imine (C=N–C) groups is 1. The van der Waals surface area contributed by atoms with E-state index < -0.39 is 0 Å². The van der Waals surface area contributed by atoms with Gasteiger partial charge in [-0.1, -0.05) is 19.9 Å². The van der Waals surface area contributed by atoms with Crippen LogP contribution in [0.1, 0.15) is 34.1 Å². The number of nitrogens with zero attached hydrogens (tertiary/aromatic N) is 1. The van der Waals surface area contributed by atoms with Crippen molar-refractivity contribution in [3.05, 3.63) is 11.8 Å². The van der Waals surface area contributed by atoms with Gasteiger partial charge in [0.1, 0.15) is 0 Å². The van der Waals surface area contributed by atoms with Crippen molar-refractivity contribution in [3.8, 4) is 0 Å². The standard InChI is InChI=1S/C9H17N/c1-5-10-9(4)7-6-8(2)3/h5,7-8H,6H2,1-4H3/b9-7-,10-5?. The lowest BCUT2D eigenvalue weighted by Gasteiger charge is -1.97. The van der Waals surface area contributed by atoms with Crippen LogP contribution in [0.3, 0.4) is 0 Å². The Morgan fingerprint density at radius 1 is 1.50 bits per heavy atom. The second kappa shape index (κ2) is 5.21. The number of rotatable bonds is 3. The molecule has 10 heavy (non-hydrogen) atoms. The molecule has 0 N–H and O–H groups in total. The number of hydrogen-bond acceptors (Lipinski definition) is 1. The SMILES string of the molecule is CC=N/C(C)=C\CC(C)C. The van der Waals surface area contributed by atoms with Gasteiger partial charge in [-0.25, -0.2) is 0 Å². The van der Waals surface area contributed by atoms with Crippen LogP contribution in [0, 0.1) is 5.92 Å². The highest BCUT2D eigenvalue weighted by atomic mass is 14.7. The monoisotopic (exact) mass is 139 g/mol. The maximum absolute atomic E-state index is 4.13. The average Bonchev–Trinajstić information content (AvgIpc) is 1.85. The molecule has 0 aliphatic carbocycles. The highest BCUT2D eigenvalue weighted by Gasteiger charge is 1.88. The summed E-state index contributed by atoms with van der Waals surface area (Å²) in [6, 6.07) is 0. The maximum Gasteiger partial charge on any atom is 0.0328 e. The molecule has 0 heterocycles. The Bertz CT molecular complexity index is 132. The summed E-state index contributed by atoms with van der Waals surface area (Å²) in [5, 5.41) is 0. The molecule has 0 aliphatic rings. The summed E-state index contributed by atoms with van der Waals surface area (Å²) in [7, 11) is 0. The van der Waals surface area contributed by atoms with E-state index in [0.29, 0.717) is 0 Å². The van der Waals surface area contributed by atoms with Crippen LogP contribution in [0.25, 0.3) is 0 Å². The molecule has 1 heteroatoms. The van der Waals surface area contributed by atoms with Crippen LogP contribution in [0.15, 0.2) is 16.8 Å². The van der Waals surface area contributed by atoms with Crippen molar-refractivity contribution in [2.24, 2.45) is 10.9 Å². The van der Waals surface area contributed by atoms with Crippen LogP contribution in [0.2, 0.25) is 0 Å². The molecule has 0 aromatic heterocycles. The van der Waals surface area contributed by atoms with Crippen molar-refractivity contribution in [1.82, 2.24) is 0 Å². The zero-order chi connectivity index (χ0) is 7.98. The Hall–Kier alpha value is -0.590. The summed E-state index contributed by atoms with van der Waals surface area (Å²) in [4.78, 5) is 4.13. The molecule has 0 radical (unpaired) electrons. The summed E-state index contributed by atoms with van der Waals surface area (Å²) in [5.74, 6) is 0.738. The zero-order valence-electron chi connectivity index (χ0n) is 7.39. The van der Waals surface area contributed by atoms with Gasteiger partial charge in [-0.15, -0.1) is 0 Å². The van der Waals surface area contributed by atoms with Crippen LogP contribution < -0.4 is 0 Å². The van der Waals surface area contributed by atoms with Gasteiger partial charge in [0, 0.05) is 11.9 Å². The normalized spacial score (nSPS) is 13.5. The van der Waals surface area contributed by atoms with Crippen molar-refractivity contribution in [2.75, 3.05) is 0 Å². The maximum atomic E-state index is 4.13. The van der Waals surface area contributed by atoms with Crippen LogP contribution in [-0.4, -0.2) is 6.21 Å². The van der Waals surface area contributed by atoms with E-state index in [2.05, 4.69) is 24.9 Å². The first kappa shape index (κ1) is 9.41. The summed E-state index contributed by atoms with van der Waals surface area (Å²) in [6.45, 7) is 8.38. The lowest BCUT2D eigenvalue weighted by molar-refractivity contribution is 0.661. The lowest BCUT2D eigenvalue weighted by Crippen LogP contribution is -1.82. The fourth-order valence-electron chi connectivity index (χ4n) is 0.663. The molecule has 0 saturated carbocycles. The van der Waals surface area contributed by atoms with E-state index in [-0.39, 0.29) is 0 Å². The topological polar surface area (TPSA) is 12.4 Å². The van der Waals surface area contributed by atoms with Crippen molar-refractivity contribution in [1.29, 1.82) is 0 Å². The van der Waals surface area contributed by atoms with E-state index in [0.717, 1.165) is 18.0 Å². The van der Waals surface area contributed by atoms with Gasteiger partial charge in [-0.2, -0.15) is 0 Å². The van der Waals surface area contributed by atoms with E-state index >= 15 is 0 Å². The Balaban J connectivity index is 3.68. The molecule has 0 fully saturated rings. The smallest absolute Gasteiger partial charge is 0.0328 e. The largest absolute Gasteiger partial charge is 0.267 e. The van der Waals surface area contributed by atoms with E-state index in [9.17, 15) is 0 Å². The zero-order valence-corrected chi connectivity index (χ0v) is 7.39. The third kappa shape index (κ3) is 5.54. The molecule has 0 aromatic rings. The van der Waals surface area contributed by atoms with Gasteiger partial charge in [0.25, 0.3) is 0 Å². The molecule has 58 valence electrons. The fourth-order valence-corrected chi connectivity index (χ4v) is 0.663. The molecule has 0 unspecified atom stereocenters.